The van der Waals surface area contributed by atoms with Crippen molar-refractivity contribution in [3.8, 4) is 0 Å². The number of nitrogens with zero attached hydrogens (tertiary/aromatic N) is 1. The normalized spacial score (nSPS) is 27.9. The second-order valence-corrected chi connectivity index (χ2v) is 3.91. The molecule has 0 N–H and O–H groups in total. The molecule has 1 unspecified atom stereocenters. The van der Waals surface area contributed by atoms with Gasteiger partial charge in [-0.25, -0.2) is 0 Å². The maximum Gasteiger partial charge on any atom is 0.0475 e. The number of hydrogen-bond acceptors (Lipinski definition) is 1. The molecule has 0 spiro atoms. The summed E-state index contributed by atoms with van der Waals surface area (Å²) in [5.74, 6) is 0. The van der Waals surface area contributed by atoms with Crippen LogP contribution in [0.15, 0.2) is 11.1 Å². The Morgan fingerprint density at radius 1 is 1.73 bits per heavy atom. The number of halogens is 2. The third-order valence-electron chi connectivity index (χ3n) is 1.87. The standard InChI is InChI=1S/C8H13Cl2N/c1-7(4-9)5-11-3-2-8(10)6-11/h4,8H,2-3,5-6H2,1H3. The fourth-order valence-corrected chi connectivity index (χ4v) is 1.68. The van der Waals surface area contributed by atoms with Crippen LogP contribution >= 0.6 is 23.2 Å². The van der Waals surface area contributed by atoms with Crippen LogP contribution in [0.2, 0.25) is 0 Å². The van der Waals surface area contributed by atoms with E-state index < -0.39 is 0 Å². The van der Waals surface area contributed by atoms with Crippen molar-refractivity contribution in [2.45, 2.75) is 18.7 Å². The molecule has 1 saturated heterocycles. The smallest absolute Gasteiger partial charge is 0.0475 e. The Labute approximate surface area is 78.0 Å². The van der Waals surface area contributed by atoms with Crippen LogP contribution in [0.5, 0.6) is 0 Å². The van der Waals surface area contributed by atoms with Crippen LogP contribution in [0.1, 0.15) is 13.3 Å². The Morgan fingerprint density at radius 3 is 2.91 bits per heavy atom. The summed E-state index contributed by atoms with van der Waals surface area (Å²) in [5.41, 5.74) is 2.85. The summed E-state index contributed by atoms with van der Waals surface area (Å²) in [7, 11) is 0. The van der Waals surface area contributed by atoms with Crippen molar-refractivity contribution < 1.29 is 0 Å². The van der Waals surface area contributed by atoms with Gasteiger partial charge in [0.15, 0.2) is 0 Å². The summed E-state index contributed by atoms with van der Waals surface area (Å²) < 4.78 is 0. The van der Waals surface area contributed by atoms with E-state index in [1.165, 1.54) is 5.57 Å². The molecule has 1 aliphatic heterocycles. The highest BCUT2D eigenvalue weighted by atomic mass is 35.5. The van der Waals surface area contributed by atoms with Gasteiger partial charge in [-0.3, -0.25) is 4.90 Å². The van der Waals surface area contributed by atoms with E-state index in [0.717, 1.165) is 26.1 Å². The van der Waals surface area contributed by atoms with E-state index >= 15 is 0 Å². The molecule has 1 heterocycles. The zero-order valence-electron chi connectivity index (χ0n) is 6.69. The average Bonchev–Trinajstić information content (AvgIpc) is 2.35. The lowest BCUT2D eigenvalue weighted by Crippen LogP contribution is -2.22. The minimum atomic E-state index is 0.345. The summed E-state index contributed by atoms with van der Waals surface area (Å²) in [6.07, 6.45) is 1.11. The van der Waals surface area contributed by atoms with E-state index in [1.807, 2.05) is 6.92 Å². The largest absolute Gasteiger partial charge is 0.298 e. The third-order valence-corrected chi connectivity index (χ3v) is 2.60. The van der Waals surface area contributed by atoms with Gasteiger partial charge in [0.1, 0.15) is 0 Å². The molecule has 0 bridgehead atoms. The molecule has 0 aromatic heterocycles. The molecule has 0 radical (unpaired) electrons. The van der Waals surface area contributed by atoms with Crippen LogP contribution in [-0.2, 0) is 0 Å². The lowest BCUT2D eigenvalue weighted by atomic mass is 10.3. The van der Waals surface area contributed by atoms with Crippen molar-refractivity contribution in [3.05, 3.63) is 11.1 Å². The molecule has 1 rings (SSSR count). The van der Waals surface area contributed by atoms with Crippen molar-refractivity contribution in [1.29, 1.82) is 0 Å². The van der Waals surface area contributed by atoms with Crippen molar-refractivity contribution in [3.63, 3.8) is 0 Å². The van der Waals surface area contributed by atoms with Crippen molar-refractivity contribution in [2.24, 2.45) is 0 Å². The van der Waals surface area contributed by atoms with Gasteiger partial charge in [-0.1, -0.05) is 11.6 Å². The predicted molar refractivity (Wildman–Crippen MR) is 50.3 cm³/mol. The first-order chi connectivity index (χ1) is 5.22. The highest BCUT2D eigenvalue weighted by Gasteiger charge is 2.19. The first-order valence-electron chi connectivity index (χ1n) is 3.84. The number of rotatable bonds is 2. The van der Waals surface area contributed by atoms with Crippen LogP contribution in [0.25, 0.3) is 0 Å². The molecule has 0 amide bonds. The number of alkyl halides is 1. The fourth-order valence-electron chi connectivity index (χ4n) is 1.32. The molecule has 11 heavy (non-hydrogen) atoms. The van der Waals surface area contributed by atoms with Crippen molar-refractivity contribution in [1.82, 2.24) is 4.90 Å². The molecule has 1 aliphatic rings. The van der Waals surface area contributed by atoms with Crippen LogP contribution in [0.3, 0.4) is 0 Å². The summed E-state index contributed by atoms with van der Waals surface area (Å²) in [5, 5.41) is 0.345. The van der Waals surface area contributed by atoms with Crippen LogP contribution in [-0.4, -0.2) is 29.9 Å². The second-order valence-electron chi connectivity index (χ2n) is 3.08. The molecule has 0 saturated carbocycles. The maximum atomic E-state index is 5.94. The topological polar surface area (TPSA) is 3.24 Å². The first-order valence-corrected chi connectivity index (χ1v) is 4.72. The lowest BCUT2D eigenvalue weighted by Gasteiger charge is -2.13. The molecule has 0 aliphatic carbocycles. The predicted octanol–water partition coefficient (Wildman–Crippen LogP) is 2.44. The molecule has 1 fully saturated rings. The van der Waals surface area contributed by atoms with E-state index in [4.69, 9.17) is 23.2 Å². The average molecular weight is 194 g/mol. The van der Waals surface area contributed by atoms with Gasteiger partial charge in [-0.05, 0) is 25.5 Å². The minimum absolute atomic E-state index is 0.345. The minimum Gasteiger partial charge on any atom is -0.298 e. The summed E-state index contributed by atoms with van der Waals surface area (Å²) in [6, 6.07) is 0. The molecule has 3 heteroatoms. The maximum absolute atomic E-state index is 5.94. The Hall–Kier alpha value is 0.280. The zero-order valence-corrected chi connectivity index (χ0v) is 8.20. The van der Waals surface area contributed by atoms with Gasteiger partial charge in [0.05, 0.1) is 0 Å². The van der Waals surface area contributed by atoms with E-state index in [-0.39, 0.29) is 0 Å². The third kappa shape index (κ3) is 3.02. The number of hydrogen-bond donors (Lipinski definition) is 0. The van der Waals surface area contributed by atoms with E-state index in [9.17, 15) is 0 Å². The van der Waals surface area contributed by atoms with Gasteiger partial charge in [0.25, 0.3) is 0 Å². The van der Waals surface area contributed by atoms with Crippen LogP contribution in [0, 0.1) is 0 Å². The lowest BCUT2D eigenvalue weighted by molar-refractivity contribution is 0.369. The number of likely N-dealkylation sites (tertiary alicyclic amines) is 1. The van der Waals surface area contributed by atoms with Gasteiger partial charge in [0, 0.05) is 24.0 Å². The van der Waals surface area contributed by atoms with Crippen LogP contribution < -0.4 is 0 Å². The highest BCUT2D eigenvalue weighted by Crippen LogP contribution is 2.15. The molecule has 1 nitrogen and oxygen atoms in total. The SMILES string of the molecule is CC(=CCl)CN1CCC(Cl)C1. The summed E-state index contributed by atoms with van der Waals surface area (Å²) >= 11 is 11.5. The van der Waals surface area contributed by atoms with E-state index in [0.29, 0.717) is 5.38 Å². The summed E-state index contributed by atoms with van der Waals surface area (Å²) in [6.45, 7) is 5.11. The van der Waals surface area contributed by atoms with Gasteiger partial charge in [-0.15, -0.1) is 11.6 Å². The van der Waals surface area contributed by atoms with Crippen LogP contribution in [0.4, 0.5) is 0 Å². The molecular formula is C8H13Cl2N. The molecule has 0 aromatic carbocycles. The first kappa shape index (κ1) is 9.37. The summed E-state index contributed by atoms with van der Waals surface area (Å²) in [4.78, 5) is 2.33. The molecular weight excluding hydrogens is 181 g/mol. The van der Waals surface area contributed by atoms with Crippen molar-refractivity contribution in [2.75, 3.05) is 19.6 Å². The van der Waals surface area contributed by atoms with Gasteiger partial charge < -0.3 is 0 Å². The highest BCUT2D eigenvalue weighted by molar-refractivity contribution is 6.25. The van der Waals surface area contributed by atoms with E-state index in [1.54, 1.807) is 5.54 Å². The quantitative estimate of drug-likeness (QED) is 0.610. The van der Waals surface area contributed by atoms with Gasteiger partial charge >= 0.3 is 0 Å². The molecule has 1 atom stereocenters. The Balaban J connectivity index is 2.28. The second kappa shape index (κ2) is 4.34. The van der Waals surface area contributed by atoms with E-state index in [2.05, 4.69) is 4.90 Å². The van der Waals surface area contributed by atoms with Gasteiger partial charge in [0.2, 0.25) is 0 Å². The Bertz CT molecular complexity index is 156. The monoisotopic (exact) mass is 193 g/mol. The fraction of sp³-hybridized carbons (Fsp3) is 0.750. The van der Waals surface area contributed by atoms with Gasteiger partial charge in [-0.2, -0.15) is 0 Å². The van der Waals surface area contributed by atoms with Crippen molar-refractivity contribution >= 4 is 23.2 Å². The Morgan fingerprint density at radius 2 is 2.45 bits per heavy atom. The zero-order chi connectivity index (χ0) is 8.27. The molecule has 64 valence electrons. The Kier molecular flexibility index (Phi) is 3.70. The molecule has 0 aromatic rings.